The van der Waals surface area contributed by atoms with Gasteiger partial charge in [-0.3, -0.25) is 0 Å². The minimum atomic E-state index is -0.260. The van der Waals surface area contributed by atoms with Gasteiger partial charge in [0.05, 0.1) is 6.10 Å². The van der Waals surface area contributed by atoms with Crippen molar-refractivity contribution in [2.45, 2.75) is 53.8 Å². The van der Waals surface area contributed by atoms with Crippen LogP contribution in [0, 0.1) is 19.8 Å². The average molecular weight is 238 g/mol. The number of aromatic nitrogens is 1. The van der Waals surface area contributed by atoms with Crippen molar-refractivity contribution in [1.29, 1.82) is 0 Å². The van der Waals surface area contributed by atoms with Crippen LogP contribution in [0.25, 0.3) is 0 Å². The van der Waals surface area contributed by atoms with E-state index in [1.54, 1.807) is 0 Å². The number of nitrogens with one attached hydrogen (secondary N) is 1. The van der Waals surface area contributed by atoms with Crippen molar-refractivity contribution in [1.82, 2.24) is 9.88 Å². The average Bonchev–Trinajstić information content (AvgIpc) is 2.53. The van der Waals surface area contributed by atoms with Gasteiger partial charge in [-0.05, 0) is 38.3 Å². The van der Waals surface area contributed by atoms with Gasteiger partial charge in [-0.15, -0.1) is 0 Å². The highest BCUT2D eigenvalue weighted by molar-refractivity contribution is 5.26. The highest BCUT2D eigenvalue weighted by Crippen LogP contribution is 2.14. The van der Waals surface area contributed by atoms with Crippen LogP contribution in [-0.2, 0) is 13.1 Å². The van der Waals surface area contributed by atoms with Gasteiger partial charge in [0.2, 0.25) is 0 Å². The van der Waals surface area contributed by atoms with Crippen LogP contribution in [-0.4, -0.2) is 22.3 Å². The van der Waals surface area contributed by atoms with Crippen LogP contribution in [0.3, 0.4) is 0 Å². The topological polar surface area (TPSA) is 37.2 Å². The molecule has 0 saturated carbocycles. The first-order chi connectivity index (χ1) is 7.97. The molecule has 3 heteroatoms. The van der Waals surface area contributed by atoms with Gasteiger partial charge in [0, 0.05) is 31.0 Å². The van der Waals surface area contributed by atoms with Gasteiger partial charge in [0.15, 0.2) is 0 Å². The smallest absolute Gasteiger partial charge is 0.0687 e. The largest absolute Gasteiger partial charge is 0.392 e. The van der Waals surface area contributed by atoms with Crippen LogP contribution in [0.2, 0.25) is 0 Å². The molecule has 0 bridgehead atoms. The van der Waals surface area contributed by atoms with Crippen LogP contribution in [0.4, 0.5) is 0 Å². The lowest BCUT2D eigenvalue weighted by molar-refractivity contribution is 0.123. The quantitative estimate of drug-likeness (QED) is 0.797. The molecule has 1 unspecified atom stereocenters. The Morgan fingerprint density at radius 3 is 2.47 bits per heavy atom. The molecule has 1 heterocycles. The molecule has 0 amide bonds. The maximum Gasteiger partial charge on any atom is 0.0687 e. The Bertz CT molecular complexity index is 355. The van der Waals surface area contributed by atoms with Gasteiger partial charge in [0.1, 0.15) is 0 Å². The molecule has 1 atom stereocenters. The Balaban J connectivity index is 2.53. The van der Waals surface area contributed by atoms with E-state index in [-0.39, 0.29) is 6.10 Å². The van der Waals surface area contributed by atoms with Crippen molar-refractivity contribution in [2.75, 3.05) is 6.54 Å². The molecule has 1 rings (SSSR count). The maximum absolute atomic E-state index is 9.71. The van der Waals surface area contributed by atoms with Gasteiger partial charge >= 0.3 is 0 Å². The molecule has 0 fully saturated rings. The number of aliphatic hydroxyl groups is 1. The van der Waals surface area contributed by atoms with Crippen LogP contribution in [0.1, 0.15) is 37.7 Å². The van der Waals surface area contributed by atoms with Gasteiger partial charge in [-0.1, -0.05) is 13.8 Å². The number of hydrogen-bond acceptors (Lipinski definition) is 2. The molecule has 1 aromatic heterocycles. The molecule has 0 radical (unpaired) electrons. The second-order valence-electron chi connectivity index (χ2n) is 5.08. The molecule has 1 aromatic rings. The highest BCUT2D eigenvalue weighted by atomic mass is 16.3. The van der Waals surface area contributed by atoms with Crippen LogP contribution in [0.15, 0.2) is 6.07 Å². The number of hydrogen-bond donors (Lipinski definition) is 2. The second kappa shape index (κ2) is 6.22. The Kier molecular flexibility index (Phi) is 5.22. The van der Waals surface area contributed by atoms with E-state index >= 15 is 0 Å². The summed E-state index contributed by atoms with van der Waals surface area (Å²) in [5, 5.41) is 13.0. The van der Waals surface area contributed by atoms with Crippen molar-refractivity contribution in [3.05, 3.63) is 23.0 Å². The summed E-state index contributed by atoms with van der Waals surface area (Å²) in [4.78, 5) is 0. The minimum absolute atomic E-state index is 0.260. The summed E-state index contributed by atoms with van der Waals surface area (Å²) in [6.07, 6.45) is -0.260. The van der Waals surface area contributed by atoms with Gasteiger partial charge in [0.25, 0.3) is 0 Å². The SMILES string of the molecule is CCn1c(C)cc(CNCC(O)C(C)C)c1C. The fraction of sp³-hybridized carbons (Fsp3) is 0.714. The van der Waals surface area contributed by atoms with E-state index in [1.165, 1.54) is 17.0 Å². The second-order valence-corrected chi connectivity index (χ2v) is 5.08. The van der Waals surface area contributed by atoms with E-state index in [0.29, 0.717) is 12.5 Å². The predicted octanol–water partition coefficient (Wildman–Crippen LogP) is 2.23. The summed E-state index contributed by atoms with van der Waals surface area (Å²) in [5.41, 5.74) is 3.98. The van der Waals surface area contributed by atoms with E-state index in [2.05, 4.69) is 36.7 Å². The molecule has 17 heavy (non-hydrogen) atoms. The molecule has 3 nitrogen and oxygen atoms in total. The summed E-state index contributed by atoms with van der Waals surface area (Å²) < 4.78 is 2.32. The van der Waals surface area contributed by atoms with Crippen molar-refractivity contribution in [3.63, 3.8) is 0 Å². The lowest BCUT2D eigenvalue weighted by atomic mass is 10.1. The molecule has 0 aliphatic heterocycles. The lowest BCUT2D eigenvalue weighted by Crippen LogP contribution is -2.30. The van der Waals surface area contributed by atoms with Crippen molar-refractivity contribution in [3.8, 4) is 0 Å². The Hall–Kier alpha value is -0.800. The summed E-state index contributed by atoms with van der Waals surface area (Å²) in [7, 11) is 0. The number of rotatable bonds is 6. The normalized spacial score (nSPS) is 13.4. The van der Waals surface area contributed by atoms with Crippen LogP contribution in [0.5, 0.6) is 0 Å². The molecule has 0 aromatic carbocycles. The number of nitrogens with zero attached hydrogens (tertiary/aromatic N) is 1. The zero-order valence-electron chi connectivity index (χ0n) is 11.7. The fourth-order valence-electron chi connectivity index (χ4n) is 2.13. The first-order valence-corrected chi connectivity index (χ1v) is 6.51. The lowest BCUT2D eigenvalue weighted by Gasteiger charge is -2.15. The number of aliphatic hydroxyl groups excluding tert-OH is 1. The van der Waals surface area contributed by atoms with Crippen LogP contribution >= 0.6 is 0 Å². The third-order valence-electron chi connectivity index (χ3n) is 3.43. The van der Waals surface area contributed by atoms with Crippen molar-refractivity contribution in [2.24, 2.45) is 5.92 Å². The van der Waals surface area contributed by atoms with Crippen molar-refractivity contribution >= 4 is 0 Å². The summed E-state index contributed by atoms with van der Waals surface area (Å²) in [6.45, 7) is 13.1. The summed E-state index contributed by atoms with van der Waals surface area (Å²) >= 11 is 0. The van der Waals surface area contributed by atoms with E-state index in [9.17, 15) is 5.11 Å². The van der Waals surface area contributed by atoms with E-state index < -0.39 is 0 Å². The van der Waals surface area contributed by atoms with Crippen LogP contribution < -0.4 is 5.32 Å². The third-order valence-corrected chi connectivity index (χ3v) is 3.43. The zero-order valence-corrected chi connectivity index (χ0v) is 11.7. The molecule has 0 saturated heterocycles. The molecule has 0 aliphatic carbocycles. The predicted molar refractivity (Wildman–Crippen MR) is 72.1 cm³/mol. The number of aryl methyl sites for hydroxylation is 1. The van der Waals surface area contributed by atoms with Gasteiger partial charge < -0.3 is 15.0 Å². The highest BCUT2D eigenvalue weighted by Gasteiger charge is 2.10. The third kappa shape index (κ3) is 3.58. The van der Waals surface area contributed by atoms with Crippen molar-refractivity contribution < 1.29 is 5.11 Å². The Morgan fingerprint density at radius 2 is 2.00 bits per heavy atom. The summed E-state index contributed by atoms with van der Waals surface area (Å²) in [6, 6.07) is 2.23. The monoisotopic (exact) mass is 238 g/mol. The first kappa shape index (κ1) is 14.3. The first-order valence-electron chi connectivity index (χ1n) is 6.51. The zero-order chi connectivity index (χ0) is 13.0. The molecular formula is C14H26N2O. The van der Waals surface area contributed by atoms with Gasteiger partial charge in [-0.2, -0.15) is 0 Å². The Morgan fingerprint density at radius 1 is 1.35 bits per heavy atom. The van der Waals surface area contributed by atoms with Gasteiger partial charge in [-0.25, -0.2) is 0 Å². The van der Waals surface area contributed by atoms with E-state index in [1.807, 2.05) is 13.8 Å². The summed E-state index contributed by atoms with van der Waals surface area (Å²) in [5.74, 6) is 0.311. The molecule has 2 N–H and O–H groups in total. The standard InChI is InChI=1S/C14H26N2O/c1-6-16-11(4)7-13(12(16)5)8-15-9-14(17)10(2)3/h7,10,14-15,17H,6,8-9H2,1-5H3. The molecule has 0 aliphatic rings. The fourth-order valence-corrected chi connectivity index (χ4v) is 2.13. The van der Waals surface area contributed by atoms with E-state index in [4.69, 9.17) is 0 Å². The van der Waals surface area contributed by atoms with E-state index in [0.717, 1.165) is 13.1 Å². The minimum Gasteiger partial charge on any atom is -0.392 e. The molecule has 98 valence electrons. The maximum atomic E-state index is 9.71. The molecule has 0 spiro atoms. The molecular weight excluding hydrogens is 212 g/mol. The Labute approximate surface area is 105 Å².